The van der Waals surface area contributed by atoms with E-state index in [1.807, 2.05) is 18.5 Å². The minimum Gasteiger partial charge on any atom is -0.457 e. The highest BCUT2D eigenvalue weighted by molar-refractivity contribution is 5.95. The number of fused-ring (bicyclic) bond motifs is 1. The number of likely N-dealkylation sites (tertiary alicyclic amines) is 1. The molecule has 1 fully saturated rings. The zero-order chi connectivity index (χ0) is 17.6. The van der Waals surface area contributed by atoms with Crippen molar-refractivity contribution in [2.75, 3.05) is 18.4 Å². The van der Waals surface area contributed by atoms with Crippen molar-refractivity contribution < 1.29 is 14.3 Å². The van der Waals surface area contributed by atoms with Gasteiger partial charge in [0.1, 0.15) is 6.61 Å². The maximum Gasteiger partial charge on any atom is 0.338 e. The van der Waals surface area contributed by atoms with Crippen molar-refractivity contribution in [3.05, 3.63) is 46.8 Å². The first-order chi connectivity index (χ1) is 12.0. The van der Waals surface area contributed by atoms with Crippen LogP contribution in [0.2, 0.25) is 0 Å². The lowest BCUT2D eigenvalue weighted by Crippen LogP contribution is -2.33. The van der Waals surface area contributed by atoms with Crippen LogP contribution < -0.4 is 5.32 Å². The number of amides is 2. The summed E-state index contributed by atoms with van der Waals surface area (Å²) >= 11 is 0. The molecule has 0 radical (unpaired) electrons. The van der Waals surface area contributed by atoms with Crippen LogP contribution in [-0.4, -0.2) is 39.8 Å². The number of cyclic esters (lactones) is 1. The Labute approximate surface area is 145 Å². The number of anilines is 1. The highest BCUT2D eigenvalue weighted by Crippen LogP contribution is 2.26. The standard InChI is InChI=1S/C18H20N4O3/c1-11-7-12(2)22(20-11)15-5-6-21(9-15)18(24)19-14-3-4-16-13(8-14)10-25-17(16)23/h3-4,7-8,15H,5-6,9-10H2,1-2H3,(H,19,24). The fraction of sp³-hybridized carbons (Fsp3) is 0.389. The minimum absolute atomic E-state index is 0.130. The molecular formula is C18H20N4O3. The van der Waals surface area contributed by atoms with Gasteiger partial charge in [0.25, 0.3) is 0 Å². The lowest BCUT2D eigenvalue weighted by Gasteiger charge is -2.18. The van der Waals surface area contributed by atoms with Gasteiger partial charge in [-0.05, 0) is 44.5 Å². The molecule has 4 rings (SSSR count). The molecule has 0 bridgehead atoms. The van der Waals surface area contributed by atoms with Gasteiger partial charge in [0.2, 0.25) is 0 Å². The first kappa shape index (κ1) is 15.7. The van der Waals surface area contributed by atoms with Crippen molar-refractivity contribution in [1.82, 2.24) is 14.7 Å². The summed E-state index contributed by atoms with van der Waals surface area (Å²) in [5.41, 5.74) is 4.17. The van der Waals surface area contributed by atoms with Gasteiger partial charge in [-0.1, -0.05) is 0 Å². The van der Waals surface area contributed by atoms with E-state index in [9.17, 15) is 9.59 Å². The average Bonchev–Trinajstić information content (AvgIpc) is 3.27. The maximum atomic E-state index is 12.5. The summed E-state index contributed by atoms with van der Waals surface area (Å²) in [4.78, 5) is 25.8. The second-order valence-electron chi connectivity index (χ2n) is 6.64. The molecule has 3 heterocycles. The summed E-state index contributed by atoms with van der Waals surface area (Å²) in [6.45, 7) is 5.62. The molecule has 2 aliphatic rings. The molecule has 1 unspecified atom stereocenters. The van der Waals surface area contributed by atoms with Gasteiger partial charge in [0, 0.05) is 30.0 Å². The summed E-state index contributed by atoms with van der Waals surface area (Å²) in [6.07, 6.45) is 0.891. The van der Waals surface area contributed by atoms with E-state index in [0.717, 1.165) is 23.4 Å². The van der Waals surface area contributed by atoms with Gasteiger partial charge in [-0.25, -0.2) is 9.59 Å². The lowest BCUT2D eigenvalue weighted by atomic mass is 10.1. The highest BCUT2D eigenvalue weighted by atomic mass is 16.5. The molecule has 2 aromatic rings. The molecular weight excluding hydrogens is 320 g/mol. The van der Waals surface area contributed by atoms with Crippen molar-refractivity contribution >= 4 is 17.7 Å². The zero-order valence-electron chi connectivity index (χ0n) is 14.3. The van der Waals surface area contributed by atoms with Gasteiger partial charge in [-0.2, -0.15) is 5.10 Å². The van der Waals surface area contributed by atoms with Crippen LogP contribution in [0.4, 0.5) is 10.5 Å². The molecule has 1 aromatic carbocycles. The summed E-state index contributed by atoms with van der Waals surface area (Å²) in [7, 11) is 0. The Balaban J connectivity index is 1.42. The van der Waals surface area contributed by atoms with E-state index in [1.165, 1.54) is 0 Å². The maximum absolute atomic E-state index is 12.5. The minimum atomic E-state index is -0.305. The number of carbonyl (C=O) groups is 2. The summed E-state index contributed by atoms with van der Waals surface area (Å²) in [5.74, 6) is -0.305. The van der Waals surface area contributed by atoms with Crippen LogP contribution in [0.3, 0.4) is 0 Å². The number of rotatable bonds is 2. The Hall–Kier alpha value is -2.83. The second kappa shape index (κ2) is 5.91. The molecule has 1 saturated heterocycles. The molecule has 0 spiro atoms. The molecule has 1 atom stereocenters. The number of urea groups is 1. The number of esters is 1. The molecule has 2 aliphatic heterocycles. The molecule has 130 valence electrons. The molecule has 7 heteroatoms. The van der Waals surface area contributed by atoms with E-state index in [2.05, 4.69) is 16.5 Å². The number of aryl methyl sites for hydroxylation is 2. The molecule has 0 aliphatic carbocycles. The average molecular weight is 340 g/mol. The number of nitrogens with one attached hydrogen (secondary N) is 1. The summed E-state index contributed by atoms with van der Waals surface area (Å²) in [6, 6.07) is 7.36. The molecule has 7 nitrogen and oxygen atoms in total. The quantitative estimate of drug-likeness (QED) is 0.853. The van der Waals surface area contributed by atoms with Gasteiger partial charge in [0.15, 0.2) is 0 Å². The number of hydrogen-bond acceptors (Lipinski definition) is 4. The number of ether oxygens (including phenoxy) is 1. The molecule has 1 N–H and O–H groups in total. The van der Waals surface area contributed by atoms with Crippen LogP contribution in [0, 0.1) is 13.8 Å². The van der Waals surface area contributed by atoms with Crippen molar-refractivity contribution in [2.45, 2.75) is 32.9 Å². The first-order valence-corrected chi connectivity index (χ1v) is 8.40. The Morgan fingerprint density at radius 1 is 1.32 bits per heavy atom. The predicted octanol–water partition coefficient (Wildman–Crippen LogP) is 2.65. The Kier molecular flexibility index (Phi) is 3.71. The van der Waals surface area contributed by atoms with E-state index in [-0.39, 0.29) is 24.6 Å². The van der Waals surface area contributed by atoms with Crippen LogP contribution in [0.25, 0.3) is 0 Å². The number of carbonyl (C=O) groups excluding carboxylic acids is 2. The number of hydrogen-bond donors (Lipinski definition) is 1. The molecule has 2 amide bonds. The topological polar surface area (TPSA) is 76.5 Å². The zero-order valence-corrected chi connectivity index (χ0v) is 14.3. The smallest absolute Gasteiger partial charge is 0.338 e. The first-order valence-electron chi connectivity index (χ1n) is 8.40. The predicted molar refractivity (Wildman–Crippen MR) is 91.5 cm³/mol. The van der Waals surface area contributed by atoms with Crippen molar-refractivity contribution in [3.63, 3.8) is 0 Å². The molecule has 0 saturated carbocycles. The highest BCUT2D eigenvalue weighted by Gasteiger charge is 2.29. The van der Waals surface area contributed by atoms with E-state index < -0.39 is 0 Å². The third-order valence-corrected chi connectivity index (χ3v) is 4.78. The van der Waals surface area contributed by atoms with Crippen LogP contribution in [-0.2, 0) is 11.3 Å². The summed E-state index contributed by atoms with van der Waals surface area (Å²) < 4.78 is 7.00. The van der Waals surface area contributed by atoms with Crippen LogP contribution in [0.5, 0.6) is 0 Å². The monoisotopic (exact) mass is 340 g/mol. The van der Waals surface area contributed by atoms with E-state index in [1.54, 1.807) is 23.1 Å². The Bertz CT molecular complexity index is 858. The van der Waals surface area contributed by atoms with Crippen molar-refractivity contribution in [1.29, 1.82) is 0 Å². The van der Waals surface area contributed by atoms with Crippen molar-refractivity contribution in [2.24, 2.45) is 0 Å². The van der Waals surface area contributed by atoms with Gasteiger partial charge in [-0.15, -0.1) is 0 Å². The lowest BCUT2D eigenvalue weighted by molar-refractivity contribution is 0.0535. The fourth-order valence-corrected chi connectivity index (χ4v) is 3.56. The Morgan fingerprint density at radius 3 is 2.92 bits per heavy atom. The van der Waals surface area contributed by atoms with E-state index in [4.69, 9.17) is 4.74 Å². The normalized spacial score (nSPS) is 19.0. The second-order valence-corrected chi connectivity index (χ2v) is 6.64. The molecule has 25 heavy (non-hydrogen) atoms. The SMILES string of the molecule is Cc1cc(C)n(C2CCN(C(=O)Nc3ccc4c(c3)COC4=O)C2)n1. The van der Waals surface area contributed by atoms with Crippen LogP contribution >= 0.6 is 0 Å². The van der Waals surface area contributed by atoms with E-state index in [0.29, 0.717) is 24.3 Å². The van der Waals surface area contributed by atoms with Gasteiger partial charge < -0.3 is 15.0 Å². The number of nitrogens with zero attached hydrogens (tertiary/aromatic N) is 3. The largest absolute Gasteiger partial charge is 0.457 e. The van der Waals surface area contributed by atoms with Crippen LogP contribution in [0.1, 0.15) is 39.8 Å². The number of aromatic nitrogens is 2. The third-order valence-electron chi connectivity index (χ3n) is 4.78. The number of benzene rings is 1. The van der Waals surface area contributed by atoms with Gasteiger partial charge in [0.05, 0.1) is 17.3 Å². The summed E-state index contributed by atoms with van der Waals surface area (Å²) in [5, 5.41) is 7.44. The fourth-order valence-electron chi connectivity index (χ4n) is 3.56. The van der Waals surface area contributed by atoms with Gasteiger partial charge >= 0.3 is 12.0 Å². The van der Waals surface area contributed by atoms with Gasteiger partial charge in [-0.3, -0.25) is 4.68 Å². The third kappa shape index (κ3) is 2.86. The molecule has 1 aromatic heterocycles. The van der Waals surface area contributed by atoms with Crippen LogP contribution in [0.15, 0.2) is 24.3 Å². The van der Waals surface area contributed by atoms with Crippen molar-refractivity contribution in [3.8, 4) is 0 Å². The van der Waals surface area contributed by atoms with E-state index >= 15 is 0 Å². The Morgan fingerprint density at radius 2 is 2.16 bits per heavy atom.